The van der Waals surface area contributed by atoms with E-state index in [4.69, 9.17) is 0 Å². The summed E-state index contributed by atoms with van der Waals surface area (Å²) in [4.78, 5) is 25.5. The van der Waals surface area contributed by atoms with Gasteiger partial charge < -0.3 is 10.4 Å². The highest BCUT2D eigenvalue weighted by molar-refractivity contribution is 7.16. The van der Waals surface area contributed by atoms with Gasteiger partial charge in [-0.25, -0.2) is 4.79 Å². The lowest BCUT2D eigenvalue weighted by Gasteiger charge is -2.05. The Bertz CT molecular complexity index is 974. The number of nitrogens with one attached hydrogen (secondary N) is 1. The molecule has 0 fully saturated rings. The first kappa shape index (κ1) is 17.6. The first-order chi connectivity index (χ1) is 12.5. The number of carbonyl (C=O) groups excluding carboxylic acids is 1. The molecule has 1 aromatic heterocycles. The number of carboxylic acids is 1. The molecule has 0 spiro atoms. The maximum atomic E-state index is 12.2. The van der Waals surface area contributed by atoms with E-state index < -0.39 is 11.9 Å². The average molecular weight is 363 g/mol. The van der Waals surface area contributed by atoms with Crippen molar-refractivity contribution in [1.29, 1.82) is 0 Å². The molecular weight excluding hydrogens is 346 g/mol. The fourth-order valence-corrected chi connectivity index (χ4v) is 3.54. The monoisotopic (exact) mass is 363 g/mol. The number of aliphatic carboxylic acids is 1. The van der Waals surface area contributed by atoms with Gasteiger partial charge in [0.05, 0.1) is 0 Å². The Morgan fingerprint density at radius 3 is 2.35 bits per heavy atom. The number of rotatable bonds is 5. The summed E-state index contributed by atoms with van der Waals surface area (Å²) in [5.74, 6) is -1.63. The van der Waals surface area contributed by atoms with Gasteiger partial charge in [0, 0.05) is 15.3 Å². The second kappa shape index (κ2) is 7.80. The lowest BCUT2D eigenvalue weighted by atomic mass is 10.1. The molecule has 4 nitrogen and oxygen atoms in total. The second-order valence-electron chi connectivity index (χ2n) is 5.70. The molecule has 26 heavy (non-hydrogen) atoms. The molecule has 3 rings (SSSR count). The van der Waals surface area contributed by atoms with Gasteiger partial charge in [0.2, 0.25) is 0 Å². The van der Waals surface area contributed by atoms with Crippen LogP contribution in [-0.4, -0.2) is 17.0 Å². The Morgan fingerprint density at radius 2 is 1.65 bits per heavy atom. The van der Waals surface area contributed by atoms with E-state index in [2.05, 4.69) is 5.32 Å². The van der Waals surface area contributed by atoms with Crippen LogP contribution in [0.15, 0.2) is 72.4 Å². The van der Waals surface area contributed by atoms with E-state index in [1.54, 1.807) is 30.3 Å². The van der Waals surface area contributed by atoms with Crippen LogP contribution in [0.3, 0.4) is 0 Å². The minimum Gasteiger partial charge on any atom is -0.477 e. The Hall–Kier alpha value is -3.18. The normalized spacial score (nSPS) is 11.2. The summed E-state index contributed by atoms with van der Waals surface area (Å²) < 4.78 is 0. The topological polar surface area (TPSA) is 66.4 Å². The van der Waals surface area contributed by atoms with Crippen molar-refractivity contribution in [1.82, 2.24) is 5.32 Å². The minimum absolute atomic E-state index is 0.156. The third kappa shape index (κ3) is 4.07. The van der Waals surface area contributed by atoms with Gasteiger partial charge in [0.25, 0.3) is 5.91 Å². The van der Waals surface area contributed by atoms with Crippen LogP contribution in [0, 0.1) is 6.92 Å². The smallest absolute Gasteiger partial charge is 0.352 e. The highest BCUT2D eigenvalue weighted by Crippen LogP contribution is 2.31. The van der Waals surface area contributed by atoms with E-state index in [9.17, 15) is 14.7 Å². The summed E-state index contributed by atoms with van der Waals surface area (Å²) >= 11 is 1.48. The van der Waals surface area contributed by atoms with Gasteiger partial charge in [0.1, 0.15) is 5.70 Å². The number of benzene rings is 2. The van der Waals surface area contributed by atoms with Gasteiger partial charge in [-0.05, 0) is 48.4 Å². The molecule has 3 aromatic rings. The fraction of sp³-hybridized carbons (Fsp3) is 0.0476. The Labute approximate surface area is 155 Å². The van der Waals surface area contributed by atoms with E-state index in [0.717, 1.165) is 20.9 Å². The van der Waals surface area contributed by atoms with E-state index in [0.29, 0.717) is 5.56 Å². The summed E-state index contributed by atoms with van der Waals surface area (Å²) in [5.41, 5.74) is 2.52. The van der Waals surface area contributed by atoms with Crippen molar-refractivity contribution >= 4 is 29.3 Å². The summed E-state index contributed by atoms with van der Waals surface area (Å²) in [6.45, 7) is 2.04. The van der Waals surface area contributed by atoms with Crippen molar-refractivity contribution in [3.05, 3.63) is 88.4 Å². The fourth-order valence-electron chi connectivity index (χ4n) is 2.50. The van der Waals surface area contributed by atoms with Gasteiger partial charge >= 0.3 is 5.97 Å². The van der Waals surface area contributed by atoms with E-state index in [-0.39, 0.29) is 5.70 Å². The first-order valence-corrected chi connectivity index (χ1v) is 8.83. The second-order valence-corrected chi connectivity index (χ2v) is 6.82. The standard InChI is InChI=1S/C21H17NO3S/c1-14-7-5-6-10-17(14)19-12-11-16(26-19)13-18(21(24)25)22-20(23)15-8-3-2-4-9-15/h2-13H,1H3,(H,22,23)(H,24,25)/b18-13+. The van der Waals surface area contributed by atoms with Crippen LogP contribution < -0.4 is 5.32 Å². The largest absolute Gasteiger partial charge is 0.477 e. The Kier molecular flexibility index (Phi) is 5.29. The van der Waals surface area contributed by atoms with Crippen LogP contribution in [-0.2, 0) is 4.79 Å². The maximum Gasteiger partial charge on any atom is 0.352 e. The summed E-state index contributed by atoms with van der Waals surface area (Å²) in [6.07, 6.45) is 1.48. The van der Waals surface area contributed by atoms with Crippen molar-refractivity contribution in [2.45, 2.75) is 6.92 Å². The molecule has 0 saturated carbocycles. The summed E-state index contributed by atoms with van der Waals surface area (Å²) in [5, 5.41) is 11.9. The molecule has 0 aliphatic rings. The molecule has 130 valence electrons. The molecular formula is C21H17NO3S. The summed E-state index contributed by atoms with van der Waals surface area (Å²) in [6, 6.07) is 20.4. The van der Waals surface area contributed by atoms with Crippen LogP contribution in [0.4, 0.5) is 0 Å². The molecule has 0 bridgehead atoms. The number of hydrogen-bond donors (Lipinski definition) is 2. The van der Waals surface area contributed by atoms with Crippen molar-refractivity contribution < 1.29 is 14.7 Å². The third-order valence-electron chi connectivity index (χ3n) is 3.84. The van der Waals surface area contributed by atoms with Crippen LogP contribution in [0.25, 0.3) is 16.5 Å². The summed E-state index contributed by atoms with van der Waals surface area (Å²) in [7, 11) is 0. The van der Waals surface area contributed by atoms with Crippen molar-refractivity contribution in [3.8, 4) is 10.4 Å². The Balaban J connectivity index is 1.85. The number of thiophene rings is 1. The Morgan fingerprint density at radius 1 is 0.962 bits per heavy atom. The number of carboxylic acid groups (broad SMARTS) is 1. The quantitative estimate of drug-likeness (QED) is 0.652. The zero-order valence-electron chi connectivity index (χ0n) is 14.1. The highest BCUT2D eigenvalue weighted by atomic mass is 32.1. The molecule has 5 heteroatoms. The molecule has 1 amide bonds. The van der Waals surface area contributed by atoms with Gasteiger partial charge in [-0.1, -0.05) is 42.5 Å². The molecule has 0 radical (unpaired) electrons. The van der Waals surface area contributed by atoms with Crippen molar-refractivity contribution in [3.63, 3.8) is 0 Å². The van der Waals surface area contributed by atoms with Crippen LogP contribution in [0.1, 0.15) is 20.8 Å². The molecule has 0 aliphatic carbocycles. The number of amides is 1. The maximum absolute atomic E-state index is 12.2. The molecule has 0 unspecified atom stereocenters. The SMILES string of the molecule is Cc1ccccc1-c1ccc(/C=C(/NC(=O)c2ccccc2)C(=O)O)s1. The molecule has 2 N–H and O–H groups in total. The van der Waals surface area contributed by atoms with Gasteiger partial charge in [-0.15, -0.1) is 11.3 Å². The lowest BCUT2D eigenvalue weighted by molar-refractivity contribution is -0.132. The van der Waals surface area contributed by atoms with E-state index in [1.165, 1.54) is 17.4 Å². The third-order valence-corrected chi connectivity index (χ3v) is 4.90. The molecule has 0 atom stereocenters. The molecule has 0 aliphatic heterocycles. The minimum atomic E-state index is -1.18. The number of hydrogen-bond acceptors (Lipinski definition) is 3. The average Bonchev–Trinajstić information content (AvgIpc) is 3.10. The van der Waals surface area contributed by atoms with Gasteiger partial charge in [0.15, 0.2) is 0 Å². The molecule has 0 saturated heterocycles. The van der Waals surface area contributed by atoms with Crippen LogP contribution in [0.5, 0.6) is 0 Å². The number of aryl methyl sites for hydroxylation is 1. The van der Waals surface area contributed by atoms with E-state index >= 15 is 0 Å². The number of carbonyl (C=O) groups is 2. The van der Waals surface area contributed by atoms with Gasteiger partial charge in [-0.2, -0.15) is 0 Å². The lowest BCUT2D eigenvalue weighted by Crippen LogP contribution is -2.27. The highest BCUT2D eigenvalue weighted by Gasteiger charge is 2.14. The first-order valence-electron chi connectivity index (χ1n) is 8.02. The molecule has 1 heterocycles. The zero-order chi connectivity index (χ0) is 18.5. The van der Waals surface area contributed by atoms with Gasteiger partial charge in [-0.3, -0.25) is 4.79 Å². The van der Waals surface area contributed by atoms with Crippen molar-refractivity contribution in [2.24, 2.45) is 0 Å². The zero-order valence-corrected chi connectivity index (χ0v) is 14.9. The van der Waals surface area contributed by atoms with Crippen LogP contribution in [0.2, 0.25) is 0 Å². The van der Waals surface area contributed by atoms with E-state index in [1.807, 2.05) is 43.3 Å². The molecule has 2 aromatic carbocycles. The van der Waals surface area contributed by atoms with Crippen LogP contribution >= 0.6 is 11.3 Å². The van der Waals surface area contributed by atoms with Crippen molar-refractivity contribution in [2.75, 3.05) is 0 Å². The predicted molar refractivity (Wildman–Crippen MR) is 104 cm³/mol. The predicted octanol–water partition coefficient (Wildman–Crippen LogP) is 4.58.